The van der Waals surface area contributed by atoms with Crippen molar-refractivity contribution >= 4 is 0 Å². The highest BCUT2D eigenvalue weighted by Crippen LogP contribution is 2.60. The van der Waals surface area contributed by atoms with Gasteiger partial charge in [-0.25, -0.2) is 0 Å². The van der Waals surface area contributed by atoms with Crippen LogP contribution in [0.25, 0.3) is 0 Å². The van der Waals surface area contributed by atoms with Crippen molar-refractivity contribution in [3.05, 3.63) is 0 Å². The molecule has 0 aromatic heterocycles. The predicted molar refractivity (Wildman–Crippen MR) is 125 cm³/mol. The van der Waals surface area contributed by atoms with Crippen LogP contribution in [-0.4, -0.2) is 26.2 Å². The first-order chi connectivity index (χ1) is 14.7. The molecule has 8 aliphatic rings. The van der Waals surface area contributed by atoms with Gasteiger partial charge in [0.05, 0.1) is 0 Å². The van der Waals surface area contributed by atoms with Crippen LogP contribution >= 0.6 is 0 Å². The minimum absolute atomic E-state index is 0.718. The molecule has 0 amide bonds. The molecule has 8 rings (SSSR count). The molecule has 0 aromatic rings. The lowest BCUT2D eigenvalue weighted by Crippen LogP contribution is -2.50. The molecule has 170 valence electrons. The predicted octanol–water partition coefficient (Wildman–Crippen LogP) is 6.16. The number of hydrogen-bond acceptors (Lipinski definition) is 2. The van der Waals surface area contributed by atoms with E-state index in [0.717, 1.165) is 46.3 Å². The fourth-order valence-corrected chi connectivity index (χ4v) is 10.6. The van der Waals surface area contributed by atoms with E-state index in [1.54, 1.807) is 77.0 Å². The second-order valence-electron chi connectivity index (χ2n) is 13.6. The minimum Gasteiger partial charge on any atom is -0.316 e. The molecule has 2 heteroatoms. The molecule has 8 saturated carbocycles. The summed E-state index contributed by atoms with van der Waals surface area (Å²) in [6.45, 7) is 5.21. The lowest BCUT2D eigenvalue weighted by Gasteiger charge is -2.57. The summed E-state index contributed by atoms with van der Waals surface area (Å²) in [4.78, 5) is 0. The first-order valence-corrected chi connectivity index (χ1v) is 14.1. The Morgan fingerprint density at radius 3 is 1.03 bits per heavy atom. The van der Waals surface area contributed by atoms with E-state index in [9.17, 15) is 0 Å². The summed E-state index contributed by atoms with van der Waals surface area (Å²) in [5.41, 5.74) is 1.44. The first-order valence-electron chi connectivity index (χ1n) is 14.1. The average Bonchev–Trinajstić information content (AvgIpc) is 2.67. The van der Waals surface area contributed by atoms with Gasteiger partial charge in [0.2, 0.25) is 0 Å². The Morgan fingerprint density at radius 2 is 0.733 bits per heavy atom. The molecule has 2 nitrogen and oxygen atoms in total. The lowest BCUT2D eigenvalue weighted by atomic mass is 9.49. The highest BCUT2D eigenvalue weighted by Gasteiger charge is 2.51. The van der Waals surface area contributed by atoms with Crippen molar-refractivity contribution in [2.45, 2.75) is 103 Å². The van der Waals surface area contributed by atoms with Crippen molar-refractivity contribution in [2.24, 2.45) is 46.3 Å². The number of hydrogen-bond donors (Lipinski definition) is 2. The third kappa shape index (κ3) is 4.26. The summed E-state index contributed by atoms with van der Waals surface area (Å²) in [5, 5.41) is 7.81. The Balaban J connectivity index is 0.814. The molecule has 0 atom stereocenters. The summed E-state index contributed by atoms with van der Waals surface area (Å²) in [7, 11) is 0. The molecule has 0 unspecified atom stereocenters. The molecule has 30 heavy (non-hydrogen) atoms. The van der Waals surface area contributed by atoms with Gasteiger partial charge in [0.1, 0.15) is 0 Å². The van der Waals surface area contributed by atoms with Gasteiger partial charge in [-0.3, -0.25) is 0 Å². The van der Waals surface area contributed by atoms with Gasteiger partial charge in [-0.1, -0.05) is 12.8 Å². The van der Waals surface area contributed by atoms with Gasteiger partial charge < -0.3 is 10.6 Å². The van der Waals surface area contributed by atoms with E-state index in [4.69, 9.17) is 0 Å². The zero-order valence-corrected chi connectivity index (χ0v) is 19.6. The fraction of sp³-hybridized carbons (Fsp3) is 1.00. The third-order valence-electron chi connectivity index (χ3n) is 10.8. The van der Waals surface area contributed by atoms with E-state index < -0.39 is 0 Å². The molecule has 0 spiro atoms. The SMILES string of the molecule is C(CCCNCC12CC3CC(CC(C3)C1)C2)CCNCC12CC3CC(CC(C3)C1)C2. The molecule has 0 radical (unpaired) electrons. The van der Waals surface area contributed by atoms with Crippen molar-refractivity contribution in [1.82, 2.24) is 10.6 Å². The largest absolute Gasteiger partial charge is 0.316 e. The van der Waals surface area contributed by atoms with Crippen LogP contribution in [0, 0.1) is 46.3 Å². The molecule has 0 heterocycles. The van der Waals surface area contributed by atoms with E-state index >= 15 is 0 Å². The topological polar surface area (TPSA) is 24.1 Å². The summed E-state index contributed by atoms with van der Waals surface area (Å²) < 4.78 is 0. The van der Waals surface area contributed by atoms with Gasteiger partial charge in [-0.05, 0) is 149 Å². The Kier molecular flexibility index (Phi) is 5.72. The monoisotopic (exact) mass is 412 g/mol. The quantitative estimate of drug-likeness (QED) is 0.397. The van der Waals surface area contributed by atoms with Crippen LogP contribution in [0.5, 0.6) is 0 Å². The van der Waals surface area contributed by atoms with E-state index in [1.165, 1.54) is 51.9 Å². The zero-order valence-electron chi connectivity index (χ0n) is 19.6. The minimum atomic E-state index is 0.718. The summed E-state index contributed by atoms with van der Waals surface area (Å²) in [6.07, 6.45) is 24.4. The second kappa shape index (κ2) is 8.36. The van der Waals surface area contributed by atoms with Crippen LogP contribution in [0.2, 0.25) is 0 Å². The van der Waals surface area contributed by atoms with E-state index in [-0.39, 0.29) is 0 Å². The maximum atomic E-state index is 3.90. The molecule has 0 aromatic carbocycles. The smallest absolute Gasteiger partial charge is 0.000811 e. The number of rotatable bonds is 11. The van der Waals surface area contributed by atoms with Crippen LogP contribution in [0.3, 0.4) is 0 Å². The normalized spacial score (nSPS) is 48.0. The van der Waals surface area contributed by atoms with Gasteiger partial charge in [0.25, 0.3) is 0 Å². The zero-order chi connectivity index (χ0) is 20.0. The summed E-state index contributed by atoms with van der Waals surface area (Å²) in [6, 6.07) is 0. The Bertz CT molecular complexity index is 473. The Hall–Kier alpha value is -0.0800. The van der Waals surface area contributed by atoms with Gasteiger partial charge in [0.15, 0.2) is 0 Å². The maximum Gasteiger partial charge on any atom is 0.000811 e. The molecule has 8 fully saturated rings. The van der Waals surface area contributed by atoms with Crippen LogP contribution in [-0.2, 0) is 0 Å². The van der Waals surface area contributed by atoms with Crippen molar-refractivity contribution in [1.29, 1.82) is 0 Å². The fourth-order valence-electron chi connectivity index (χ4n) is 10.6. The molecular weight excluding hydrogens is 364 g/mol. The average molecular weight is 413 g/mol. The molecule has 2 N–H and O–H groups in total. The molecule has 0 aliphatic heterocycles. The number of unbranched alkanes of at least 4 members (excludes halogenated alkanes) is 3. The Labute approximate surface area is 186 Å². The van der Waals surface area contributed by atoms with Gasteiger partial charge in [0, 0.05) is 13.1 Å². The summed E-state index contributed by atoms with van der Waals surface area (Å²) in [5.74, 6) is 6.61. The van der Waals surface area contributed by atoms with E-state index in [0.29, 0.717) is 0 Å². The Morgan fingerprint density at radius 1 is 0.433 bits per heavy atom. The van der Waals surface area contributed by atoms with Crippen molar-refractivity contribution in [2.75, 3.05) is 26.2 Å². The lowest BCUT2D eigenvalue weighted by molar-refractivity contribution is -0.0514. The van der Waals surface area contributed by atoms with Crippen molar-refractivity contribution in [3.63, 3.8) is 0 Å². The standard InChI is InChI=1S/C28H48N2/c1(3-5-29-19-27-13-21-7-22(14-27)9-23(8-21)15-27)2-4-6-30-20-28-16-24-10-25(17-28)12-26(11-24)18-28/h21-26,29-30H,1-20H2. The van der Waals surface area contributed by atoms with Crippen LogP contribution in [0.15, 0.2) is 0 Å². The molecule has 8 aliphatic carbocycles. The van der Waals surface area contributed by atoms with Gasteiger partial charge in [-0.15, -0.1) is 0 Å². The van der Waals surface area contributed by atoms with Gasteiger partial charge >= 0.3 is 0 Å². The third-order valence-corrected chi connectivity index (χ3v) is 10.8. The van der Waals surface area contributed by atoms with E-state index in [1.807, 2.05) is 0 Å². The van der Waals surface area contributed by atoms with E-state index in [2.05, 4.69) is 10.6 Å². The highest BCUT2D eigenvalue weighted by molar-refractivity contribution is 5.03. The van der Waals surface area contributed by atoms with Crippen LogP contribution < -0.4 is 10.6 Å². The first kappa shape index (κ1) is 20.5. The second-order valence-corrected chi connectivity index (χ2v) is 13.6. The van der Waals surface area contributed by atoms with Crippen molar-refractivity contribution in [3.8, 4) is 0 Å². The van der Waals surface area contributed by atoms with Crippen LogP contribution in [0.4, 0.5) is 0 Å². The summed E-state index contributed by atoms with van der Waals surface area (Å²) >= 11 is 0. The molecule has 8 bridgehead atoms. The maximum absolute atomic E-state index is 3.90. The highest BCUT2D eigenvalue weighted by atomic mass is 14.9. The van der Waals surface area contributed by atoms with Crippen molar-refractivity contribution < 1.29 is 0 Å². The number of nitrogens with one attached hydrogen (secondary N) is 2. The molecule has 0 saturated heterocycles. The molecular formula is C28H48N2. The van der Waals surface area contributed by atoms with Crippen LogP contribution in [0.1, 0.15) is 103 Å². The van der Waals surface area contributed by atoms with Gasteiger partial charge in [-0.2, -0.15) is 0 Å².